The standard InChI is InChI=1S/C19H28N2O/c1-19(2,16-7-4-3-5-8-16)18(22)21-13-10-15(11-14-21)17-9-6-12-20-17/h3-5,7-8,15,17,20H,6,9-14H2,1-2H3. The summed E-state index contributed by atoms with van der Waals surface area (Å²) in [5, 5.41) is 3.62. The molecule has 3 rings (SSSR count). The first-order valence-electron chi connectivity index (χ1n) is 8.67. The largest absolute Gasteiger partial charge is 0.342 e. The zero-order valence-electron chi connectivity index (χ0n) is 13.8. The number of likely N-dealkylation sites (tertiary alicyclic amines) is 1. The zero-order chi connectivity index (χ0) is 15.6. The van der Waals surface area contributed by atoms with Crippen LogP contribution in [0.1, 0.15) is 45.1 Å². The quantitative estimate of drug-likeness (QED) is 0.931. The summed E-state index contributed by atoms with van der Waals surface area (Å²) >= 11 is 0. The number of nitrogens with one attached hydrogen (secondary N) is 1. The molecule has 1 amide bonds. The molecule has 0 spiro atoms. The molecular formula is C19H28N2O. The molecule has 2 fully saturated rings. The summed E-state index contributed by atoms with van der Waals surface area (Å²) in [4.78, 5) is 15.0. The molecule has 0 aromatic heterocycles. The number of nitrogens with zero attached hydrogens (tertiary/aromatic N) is 1. The van der Waals surface area contributed by atoms with E-state index in [0.717, 1.165) is 37.4 Å². The van der Waals surface area contributed by atoms with E-state index >= 15 is 0 Å². The summed E-state index contributed by atoms with van der Waals surface area (Å²) in [6.07, 6.45) is 4.92. The molecule has 1 unspecified atom stereocenters. The molecule has 1 atom stereocenters. The van der Waals surface area contributed by atoms with Crippen molar-refractivity contribution in [3.8, 4) is 0 Å². The maximum Gasteiger partial charge on any atom is 0.232 e. The number of rotatable bonds is 3. The normalized spacial score (nSPS) is 23.7. The highest BCUT2D eigenvalue weighted by Gasteiger charge is 2.36. The van der Waals surface area contributed by atoms with Crippen LogP contribution in [-0.4, -0.2) is 36.5 Å². The molecule has 2 aliphatic rings. The predicted octanol–water partition coefficient (Wildman–Crippen LogP) is 2.95. The Bertz CT molecular complexity index is 497. The molecule has 1 N–H and O–H groups in total. The van der Waals surface area contributed by atoms with Crippen LogP contribution in [-0.2, 0) is 10.2 Å². The molecule has 22 heavy (non-hydrogen) atoms. The molecule has 2 heterocycles. The fourth-order valence-corrected chi connectivity index (χ4v) is 3.99. The van der Waals surface area contributed by atoms with E-state index in [2.05, 4.69) is 36.2 Å². The van der Waals surface area contributed by atoms with E-state index in [4.69, 9.17) is 0 Å². The first-order chi connectivity index (χ1) is 10.6. The Labute approximate surface area is 134 Å². The van der Waals surface area contributed by atoms with Crippen molar-refractivity contribution in [2.24, 2.45) is 5.92 Å². The summed E-state index contributed by atoms with van der Waals surface area (Å²) in [6.45, 7) is 7.10. The lowest BCUT2D eigenvalue weighted by molar-refractivity contribution is -0.137. The van der Waals surface area contributed by atoms with Crippen molar-refractivity contribution in [1.82, 2.24) is 10.2 Å². The minimum atomic E-state index is -0.431. The van der Waals surface area contributed by atoms with Gasteiger partial charge in [-0.05, 0) is 57.6 Å². The highest BCUT2D eigenvalue weighted by Crippen LogP contribution is 2.30. The van der Waals surface area contributed by atoms with E-state index < -0.39 is 5.41 Å². The zero-order valence-corrected chi connectivity index (χ0v) is 13.8. The van der Waals surface area contributed by atoms with Crippen LogP contribution in [0.15, 0.2) is 30.3 Å². The molecule has 0 radical (unpaired) electrons. The lowest BCUT2D eigenvalue weighted by atomic mass is 9.81. The molecular weight excluding hydrogens is 272 g/mol. The Kier molecular flexibility index (Phi) is 4.53. The minimum absolute atomic E-state index is 0.275. The van der Waals surface area contributed by atoms with E-state index in [1.807, 2.05) is 18.2 Å². The molecule has 120 valence electrons. The van der Waals surface area contributed by atoms with E-state index in [1.165, 1.54) is 19.4 Å². The van der Waals surface area contributed by atoms with Crippen LogP contribution in [0.4, 0.5) is 0 Å². The molecule has 3 nitrogen and oxygen atoms in total. The predicted molar refractivity (Wildman–Crippen MR) is 89.8 cm³/mol. The number of hydrogen-bond donors (Lipinski definition) is 1. The molecule has 1 aromatic rings. The van der Waals surface area contributed by atoms with E-state index in [1.54, 1.807) is 0 Å². The first kappa shape index (κ1) is 15.5. The van der Waals surface area contributed by atoms with Crippen molar-refractivity contribution in [2.75, 3.05) is 19.6 Å². The van der Waals surface area contributed by atoms with Crippen molar-refractivity contribution < 1.29 is 4.79 Å². The van der Waals surface area contributed by atoms with Gasteiger partial charge in [0.05, 0.1) is 5.41 Å². The second-order valence-corrected chi connectivity index (χ2v) is 7.32. The van der Waals surface area contributed by atoms with Crippen molar-refractivity contribution in [3.63, 3.8) is 0 Å². The Morgan fingerprint density at radius 1 is 1.14 bits per heavy atom. The van der Waals surface area contributed by atoms with E-state index in [0.29, 0.717) is 6.04 Å². The second kappa shape index (κ2) is 6.41. The monoisotopic (exact) mass is 300 g/mol. The molecule has 2 aliphatic heterocycles. The fraction of sp³-hybridized carbons (Fsp3) is 0.632. The van der Waals surface area contributed by atoms with E-state index in [-0.39, 0.29) is 5.91 Å². The molecule has 0 aliphatic carbocycles. The lowest BCUT2D eigenvalue weighted by Crippen LogP contribution is -2.49. The molecule has 2 saturated heterocycles. The van der Waals surface area contributed by atoms with Gasteiger partial charge >= 0.3 is 0 Å². The van der Waals surface area contributed by atoms with Crippen LogP contribution in [0.3, 0.4) is 0 Å². The highest BCUT2D eigenvalue weighted by atomic mass is 16.2. The van der Waals surface area contributed by atoms with E-state index in [9.17, 15) is 4.79 Å². The number of piperidine rings is 1. The maximum atomic E-state index is 13.0. The Morgan fingerprint density at radius 2 is 1.82 bits per heavy atom. The van der Waals surface area contributed by atoms with Crippen LogP contribution < -0.4 is 5.32 Å². The average molecular weight is 300 g/mol. The fourth-order valence-electron chi connectivity index (χ4n) is 3.99. The van der Waals surface area contributed by atoms with Crippen molar-refractivity contribution in [3.05, 3.63) is 35.9 Å². The molecule has 1 aromatic carbocycles. The average Bonchev–Trinajstić information content (AvgIpc) is 3.09. The van der Waals surface area contributed by atoms with Gasteiger partial charge in [0.15, 0.2) is 0 Å². The summed E-state index contributed by atoms with van der Waals surface area (Å²) in [7, 11) is 0. The Morgan fingerprint density at radius 3 is 2.41 bits per heavy atom. The maximum absolute atomic E-state index is 13.0. The third kappa shape index (κ3) is 3.05. The highest BCUT2D eigenvalue weighted by molar-refractivity contribution is 5.87. The minimum Gasteiger partial charge on any atom is -0.342 e. The summed E-state index contributed by atoms with van der Waals surface area (Å²) in [5.41, 5.74) is 0.680. The van der Waals surface area contributed by atoms with Gasteiger partial charge in [-0.1, -0.05) is 30.3 Å². The van der Waals surface area contributed by atoms with Crippen LogP contribution in [0.2, 0.25) is 0 Å². The molecule has 3 heteroatoms. The smallest absolute Gasteiger partial charge is 0.232 e. The topological polar surface area (TPSA) is 32.3 Å². The Hall–Kier alpha value is -1.35. The van der Waals surface area contributed by atoms with Crippen molar-refractivity contribution >= 4 is 5.91 Å². The van der Waals surface area contributed by atoms with Gasteiger partial charge in [-0.3, -0.25) is 4.79 Å². The lowest BCUT2D eigenvalue weighted by Gasteiger charge is -2.38. The van der Waals surface area contributed by atoms with Gasteiger partial charge in [0.2, 0.25) is 5.91 Å². The number of benzene rings is 1. The van der Waals surface area contributed by atoms with Gasteiger partial charge in [0.25, 0.3) is 0 Å². The van der Waals surface area contributed by atoms with Crippen LogP contribution in [0.5, 0.6) is 0 Å². The number of carbonyl (C=O) groups excluding carboxylic acids is 1. The van der Waals surface area contributed by atoms with Crippen molar-refractivity contribution in [2.45, 2.75) is 51.0 Å². The third-order valence-electron chi connectivity index (χ3n) is 5.52. The Balaban J connectivity index is 1.62. The SMILES string of the molecule is CC(C)(C(=O)N1CCC(C2CCCN2)CC1)c1ccccc1. The van der Waals surface area contributed by atoms with Gasteiger partial charge in [-0.2, -0.15) is 0 Å². The van der Waals surface area contributed by atoms with Gasteiger partial charge in [0.1, 0.15) is 0 Å². The summed E-state index contributed by atoms with van der Waals surface area (Å²) in [5.74, 6) is 1.03. The van der Waals surface area contributed by atoms with Crippen LogP contribution in [0, 0.1) is 5.92 Å². The van der Waals surface area contributed by atoms with Crippen LogP contribution in [0.25, 0.3) is 0 Å². The second-order valence-electron chi connectivity index (χ2n) is 7.32. The summed E-state index contributed by atoms with van der Waals surface area (Å²) < 4.78 is 0. The van der Waals surface area contributed by atoms with Gasteiger partial charge < -0.3 is 10.2 Å². The van der Waals surface area contributed by atoms with Crippen LogP contribution >= 0.6 is 0 Å². The third-order valence-corrected chi connectivity index (χ3v) is 5.52. The van der Waals surface area contributed by atoms with Gasteiger partial charge in [-0.15, -0.1) is 0 Å². The van der Waals surface area contributed by atoms with Crippen molar-refractivity contribution in [1.29, 1.82) is 0 Å². The van der Waals surface area contributed by atoms with Gasteiger partial charge in [0, 0.05) is 19.1 Å². The van der Waals surface area contributed by atoms with Gasteiger partial charge in [-0.25, -0.2) is 0 Å². The first-order valence-corrected chi connectivity index (χ1v) is 8.67. The summed E-state index contributed by atoms with van der Waals surface area (Å²) in [6, 6.07) is 10.9. The molecule has 0 bridgehead atoms. The number of amides is 1. The molecule has 0 saturated carbocycles. The number of carbonyl (C=O) groups is 1. The number of hydrogen-bond acceptors (Lipinski definition) is 2.